The molecule has 0 aliphatic carbocycles. The van der Waals surface area contributed by atoms with E-state index in [0.717, 1.165) is 0 Å². The first-order valence-corrected chi connectivity index (χ1v) is 8.61. The van der Waals surface area contributed by atoms with E-state index in [1.807, 2.05) is 6.07 Å². The van der Waals surface area contributed by atoms with Crippen LogP contribution >= 0.6 is 0 Å². The maximum Gasteiger partial charge on any atom is 0.195 e. The molecule has 0 atom stereocenters. The van der Waals surface area contributed by atoms with Crippen molar-refractivity contribution < 1.29 is 15.0 Å². The van der Waals surface area contributed by atoms with Crippen molar-refractivity contribution in [3.05, 3.63) is 90.1 Å². The molecular weight excluding hydrogens is 354 g/mol. The number of hydrogen-bond donors (Lipinski definition) is 3. The lowest BCUT2D eigenvalue weighted by Crippen LogP contribution is -2.10. The van der Waals surface area contributed by atoms with Gasteiger partial charge in [0.1, 0.15) is 11.5 Å². The number of rotatable bonds is 4. The number of nitrogens with zero attached hydrogens (tertiary/aromatic N) is 2. The van der Waals surface area contributed by atoms with Gasteiger partial charge in [-0.3, -0.25) is 4.79 Å². The lowest BCUT2D eigenvalue weighted by molar-refractivity contribution is 0.103. The summed E-state index contributed by atoms with van der Waals surface area (Å²) in [5.41, 5.74) is 9.13. The standard InChI is InChI=1S/C22H17N3O3/c23-21-17(22(28)14-5-2-1-3-6-14)7-4-8-19(21)25-18(11-12-24-25)16-10-9-15(26)13-20(16)27/h1-13,26-27H,23H2. The van der Waals surface area contributed by atoms with Gasteiger partial charge in [-0.1, -0.05) is 36.4 Å². The van der Waals surface area contributed by atoms with Gasteiger partial charge in [-0.15, -0.1) is 0 Å². The van der Waals surface area contributed by atoms with Crippen molar-refractivity contribution in [2.45, 2.75) is 0 Å². The van der Waals surface area contributed by atoms with Gasteiger partial charge in [0.2, 0.25) is 0 Å². The molecule has 1 aromatic heterocycles. The molecule has 0 amide bonds. The molecule has 6 nitrogen and oxygen atoms in total. The van der Waals surface area contributed by atoms with Crippen LogP contribution in [0.2, 0.25) is 0 Å². The van der Waals surface area contributed by atoms with Gasteiger partial charge >= 0.3 is 0 Å². The van der Waals surface area contributed by atoms with Crippen molar-refractivity contribution in [2.75, 3.05) is 5.73 Å². The average molecular weight is 371 g/mol. The molecule has 28 heavy (non-hydrogen) atoms. The van der Waals surface area contributed by atoms with E-state index in [0.29, 0.717) is 33.8 Å². The summed E-state index contributed by atoms with van der Waals surface area (Å²) in [6, 6.07) is 20.1. The number of para-hydroxylation sites is 1. The number of nitrogen functional groups attached to an aromatic ring is 1. The molecule has 0 saturated heterocycles. The van der Waals surface area contributed by atoms with Gasteiger partial charge < -0.3 is 15.9 Å². The molecule has 1 heterocycles. The van der Waals surface area contributed by atoms with Crippen LogP contribution in [-0.2, 0) is 0 Å². The van der Waals surface area contributed by atoms with Gasteiger partial charge in [0, 0.05) is 22.8 Å². The average Bonchev–Trinajstić information content (AvgIpc) is 3.17. The number of benzene rings is 3. The van der Waals surface area contributed by atoms with Crippen LogP contribution in [-0.4, -0.2) is 25.8 Å². The fourth-order valence-corrected chi connectivity index (χ4v) is 3.12. The minimum Gasteiger partial charge on any atom is -0.508 e. The van der Waals surface area contributed by atoms with Crippen molar-refractivity contribution >= 4 is 11.5 Å². The zero-order valence-electron chi connectivity index (χ0n) is 14.8. The summed E-state index contributed by atoms with van der Waals surface area (Å²) < 4.78 is 1.56. The summed E-state index contributed by atoms with van der Waals surface area (Å²) >= 11 is 0. The summed E-state index contributed by atoms with van der Waals surface area (Å²) in [5.74, 6) is -0.305. The normalized spacial score (nSPS) is 10.7. The van der Waals surface area contributed by atoms with Crippen molar-refractivity contribution in [1.29, 1.82) is 0 Å². The smallest absolute Gasteiger partial charge is 0.195 e. The quantitative estimate of drug-likeness (QED) is 0.374. The molecule has 0 fully saturated rings. The van der Waals surface area contributed by atoms with Gasteiger partial charge in [-0.05, 0) is 30.3 Å². The summed E-state index contributed by atoms with van der Waals surface area (Å²) in [6.07, 6.45) is 1.58. The Bertz CT molecular complexity index is 1170. The first kappa shape index (κ1) is 17.4. The summed E-state index contributed by atoms with van der Waals surface area (Å²) in [5, 5.41) is 24.1. The van der Waals surface area contributed by atoms with E-state index in [2.05, 4.69) is 5.10 Å². The second kappa shape index (κ2) is 6.92. The number of aromatic hydroxyl groups is 2. The molecule has 0 saturated carbocycles. The number of carbonyl (C=O) groups excluding carboxylic acids is 1. The van der Waals surface area contributed by atoms with E-state index in [-0.39, 0.29) is 17.3 Å². The Morgan fingerprint density at radius 2 is 1.71 bits per heavy atom. The number of nitrogens with two attached hydrogens (primary N) is 1. The molecule has 0 radical (unpaired) electrons. The molecule has 0 unspecified atom stereocenters. The number of ketones is 1. The Morgan fingerprint density at radius 1 is 0.929 bits per heavy atom. The largest absolute Gasteiger partial charge is 0.508 e. The second-order valence-electron chi connectivity index (χ2n) is 6.26. The lowest BCUT2D eigenvalue weighted by Gasteiger charge is -2.14. The third-order valence-corrected chi connectivity index (χ3v) is 4.49. The zero-order valence-corrected chi connectivity index (χ0v) is 14.8. The van der Waals surface area contributed by atoms with Crippen LogP contribution in [0.3, 0.4) is 0 Å². The maximum atomic E-state index is 12.9. The Hall–Kier alpha value is -4.06. The highest BCUT2D eigenvalue weighted by molar-refractivity contribution is 6.12. The molecular formula is C22H17N3O3. The molecule has 138 valence electrons. The Morgan fingerprint density at radius 3 is 2.46 bits per heavy atom. The van der Waals surface area contributed by atoms with Gasteiger partial charge in [0.05, 0.1) is 23.3 Å². The number of phenols is 2. The molecule has 6 heteroatoms. The van der Waals surface area contributed by atoms with Crippen molar-refractivity contribution in [2.24, 2.45) is 0 Å². The van der Waals surface area contributed by atoms with Gasteiger partial charge in [0.15, 0.2) is 5.78 Å². The topological polar surface area (TPSA) is 101 Å². The van der Waals surface area contributed by atoms with Crippen LogP contribution in [0.25, 0.3) is 16.9 Å². The summed E-state index contributed by atoms with van der Waals surface area (Å²) in [4.78, 5) is 12.9. The van der Waals surface area contributed by atoms with Crippen LogP contribution in [0.1, 0.15) is 15.9 Å². The SMILES string of the molecule is Nc1c(C(=O)c2ccccc2)cccc1-n1nccc1-c1ccc(O)cc1O. The van der Waals surface area contributed by atoms with E-state index in [4.69, 9.17) is 5.73 Å². The van der Waals surface area contributed by atoms with Gasteiger partial charge in [-0.2, -0.15) is 5.10 Å². The summed E-state index contributed by atoms with van der Waals surface area (Å²) in [6.45, 7) is 0. The minimum absolute atomic E-state index is 0.0396. The van der Waals surface area contributed by atoms with Crippen LogP contribution in [0.4, 0.5) is 5.69 Å². The van der Waals surface area contributed by atoms with Crippen molar-refractivity contribution in [1.82, 2.24) is 9.78 Å². The molecule has 0 aliphatic rings. The summed E-state index contributed by atoms with van der Waals surface area (Å²) in [7, 11) is 0. The highest BCUT2D eigenvalue weighted by Crippen LogP contribution is 2.34. The predicted molar refractivity (Wildman–Crippen MR) is 107 cm³/mol. The second-order valence-corrected chi connectivity index (χ2v) is 6.26. The number of aromatic nitrogens is 2. The Labute approximate surface area is 161 Å². The van der Waals surface area contributed by atoms with Crippen LogP contribution < -0.4 is 5.73 Å². The van der Waals surface area contributed by atoms with E-state index in [9.17, 15) is 15.0 Å². The molecule has 3 aromatic carbocycles. The first-order chi connectivity index (χ1) is 13.6. The predicted octanol–water partition coefficient (Wildman–Crippen LogP) is 3.76. The molecule has 4 N–H and O–H groups in total. The number of anilines is 1. The van der Waals surface area contributed by atoms with Crippen molar-refractivity contribution in [3.8, 4) is 28.4 Å². The van der Waals surface area contributed by atoms with Gasteiger partial charge in [-0.25, -0.2) is 4.68 Å². The van der Waals surface area contributed by atoms with Crippen LogP contribution in [0.15, 0.2) is 79.0 Å². The van der Waals surface area contributed by atoms with Crippen LogP contribution in [0, 0.1) is 0 Å². The first-order valence-electron chi connectivity index (χ1n) is 8.61. The monoisotopic (exact) mass is 371 g/mol. The third kappa shape index (κ3) is 2.97. The molecule has 4 rings (SSSR count). The Kier molecular flexibility index (Phi) is 4.29. The fraction of sp³-hybridized carbons (Fsp3) is 0. The fourth-order valence-electron chi connectivity index (χ4n) is 3.12. The van der Waals surface area contributed by atoms with E-state index in [1.165, 1.54) is 12.1 Å². The molecule has 0 aliphatic heterocycles. The maximum absolute atomic E-state index is 12.9. The molecule has 0 bridgehead atoms. The zero-order chi connectivity index (χ0) is 19.7. The molecule has 0 spiro atoms. The van der Waals surface area contributed by atoms with Gasteiger partial charge in [0.25, 0.3) is 0 Å². The highest BCUT2D eigenvalue weighted by atomic mass is 16.3. The number of phenolic OH excluding ortho intramolecular Hbond substituents is 2. The lowest BCUT2D eigenvalue weighted by atomic mass is 10.0. The van der Waals surface area contributed by atoms with Crippen molar-refractivity contribution in [3.63, 3.8) is 0 Å². The Balaban J connectivity index is 1.82. The minimum atomic E-state index is -0.180. The van der Waals surface area contributed by atoms with Crippen LogP contribution in [0.5, 0.6) is 11.5 Å². The highest BCUT2D eigenvalue weighted by Gasteiger charge is 2.18. The van der Waals surface area contributed by atoms with E-state index < -0.39 is 0 Å². The molecule has 4 aromatic rings. The third-order valence-electron chi connectivity index (χ3n) is 4.49. The van der Waals surface area contributed by atoms with E-state index in [1.54, 1.807) is 65.5 Å². The number of carbonyl (C=O) groups is 1. The number of hydrogen-bond acceptors (Lipinski definition) is 5. The van der Waals surface area contributed by atoms with E-state index >= 15 is 0 Å².